The molecule has 80 valence electrons. The van der Waals surface area contributed by atoms with Gasteiger partial charge < -0.3 is 4.74 Å². The first-order chi connectivity index (χ1) is 6.46. The van der Waals surface area contributed by atoms with Crippen molar-refractivity contribution in [1.29, 1.82) is 0 Å². The van der Waals surface area contributed by atoms with E-state index in [0.29, 0.717) is 6.61 Å². The first-order valence-corrected chi connectivity index (χ1v) is 6.37. The molecule has 0 aliphatic rings. The summed E-state index contributed by atoms with van der Waals surface area (Å²) < 4.78 is 28.7. The van der Waals surface area contributed by atoms with E-state index in [4.69, 9.17) is 15.4 Å². The molecule has 0 amide bonds. The van der Waals surface area contributed by atoms with Gasteiger partial charge in [0.05, 0.1) is 12.8 Å². The van der Waals surface area contributed by atoms with Gasteiger partial charge in [-0.3, -0.25) is 0 Å². The molecule has 0 aliphatic carbocycles. The number of halogens is 1. The molecule has 0 saturated carbocycles. The summed E-state index contributed by atoms with van der Waals surface area (Å²) in [5.74, 6) is 0.182. The largest absolute Gasteiger partial charge is 0.477 e. The fourth-order valence-electron chi connectivity index (χ4n) is 0.937. The molecular weight excluding hydrogens is 228 g/mol. The minimum absolute atomic E-state index is 0.0879. The maximum absolute atomic E-state index is 11.1. The highest BCUT2D eigenvalue weighted by Crippen LogP contribution is 2.25. The molecule has 0 saturated heterocycles. The van der Waals surface area contributed by atoms with Crippen LogP contribution in [-0.4, -0.2) is 24.8 Å². The quantitative estimate of drug-likeness (QED) is 0.738. The average Bonchev–Trinajstić information content (AvgIpc) is 2.42. The van der Waals surface area contributed by atoms with Crippen molar-refractivity contribution in [1.82, 2.24) is 9.78 Å². The van der Waals surface area contributed by atoms with Crippen LogP contribution in [0.3, 0.4) is 0 Å². The highest BCUT2D eigenvalue weighted by Gasteiger charge is 2.21. The van der Waals surface area contributed by atoms with Gasteiger partial charge in [-0.15, -0.1) is 0 Å². The minimum atomic E-state index is -3.78. The topological polar surface area (TPSA) is 61.2 Å². The summed E-state index contributed by atoms with van der Waals surface area (Å²) in [6.07, 6.45) is 1.96. The van der Waals surface area contributed by atoms with Gasteiger partial charge in [-0.1, -0.05) is 6.92 Å². The zero-order valence-corrected chi connectivity index (χ0v) is 9.47. The van der Waals surface area contributed by atoms with E-state index in [2.05, 4.69) is 5.10 Å². The van der Waals surface area contributed by atoms with Crippen LogP contribution in [0.2, 0.25) is 0 Å². The van der Waals surface area contributed by atoms with Crippen molar-refractivity contribution in [2.75, 3.05) is 6.61 Å². The Kier molecular flexibility index (Phi) is 3.38. The second-order valence-corrected chi connectivity index (χ2v) is 5.26. The van der Waals surface area contributed by atoms with Crippen LogP contribution in [0.25, 0.3) is 0 Å². The Morgan fingerprint density at radius 2 is 2.29 bits per heavy atom. The lowest BCUT2D eigenvalue weighted by Crippen LogP contribution is -2.04. The van der Waals surface area contributed by atoms with Gasteiger partial charge in [0.15, 0.2) is 4.90 Å². The van der Waals surface area contributed by atoms with Crippen LogP contribution in [0.15, 0.2) is 11.1 Å². The predicted octanol–water partition coefficient (Wildman–Crippen LogP) is 1.14. The van der Waals surface area contributed by atoms with Crippen LogP contribution in [0.5, 0.6) is 5.88 Å². The van der Waals surface area contributed by atoms with Crippen molar-refractivity contribution in [2.45, 2.75) is 18.2 Å². The molecule has 1 aromatic rings. The van der Waals surface area contributed by atoms with E-state index in [1.807, 2.05) is 6.92 Å². The second-order valence-electron chi connectivity index (χ2n) is 2.72. The van der Waals surface area contributed by atoms with Crippen LogP contribution < -0.4 is 4.74 Å². The van der Waals surface area contributed by atoms with Gasteiger partial charge >= 0.3 is 0 Å². The molecule has 1 rings (SSSR count). The molecule has 0 unspecified atom stereocenters. The van der Waals surface area contributed by atoms with Crippen molar-refractivity contribution >= 4 is 19.7 Å². The summed E-state index contributed by atoms with van der Waals surface area (Å²) in [5, 5.41) is 3.76. The molecule has 0 bridgehead atoms. The normalized spacial score (nSPS) is 11.6. The van der Waals surface area contributed by atoms with Crippen LogP contribution >= 0.6 is 10.7 Å². The first-order valence-electron chi connectivity index (χ1n) is 4.06. The van der Waals surface area contributed by atoms with E-state index < -0.39 is 9.05 Å². The summed E-state index contributed by atoms with van der Waals surface area (Å²) in [6.45, 7) is 2.35. The molecule has 0 fully saturated rings. The third kappa shape index (κ3) is 2.39. The lowest BCUT2D eigenvalue weighted by atomic mass is 10.5. The summed E-state index contributed by atoms with van der Waals surface area (Å²) >= 11 is 0. The Morgan fingerprint density at radius 1 is 1.64 bits per heavy atom. The van der Waals surface area contributed by atoms with Gasteiger partial charge in [0.2, 0.25) is 5.88 Å². The van der Waals surface area contributed by atoms with Crippen LogP contribution in [0.4, 0.5) is 0 Å². The third-order valence-electron chi connectivity index (χ3n) is 1.56. The van der Waals surface area contributed by atoms with Gasteiger partial charge in [-0.25, -0.2) is 13.1 Å². The van der Waals surface area contributed by atoms with Gasteiger partial charge in [-0.2, -0.15) is 5.10 Å². The molecule has 5 nitrogen and oxygen atoms in total. The number of ether oxygens (including phenoxy) is 1. The standard InChI is InChI=1S/C7H11ClN2O3S/c1-3-4-13-7-6(14(8,11)12)5-9-10(7)2/h5H,3-4H2,1-2H3. The predicted molar refractivity (Wildman–Crippen MR) is 52.0 cm³/mol. The number of aryl methyl sites for hydroxylation is 1. The zero-order valence-electron chi connectivity index (χ0n) is 7.90. The van der Waals surface area contributed by atoms with E-state index >= 15 is 0 Å². The molecule has 0 radical (unpaired) electrons. The number of aromatic nitrogens is 2. The molecule has 14 heavy (non-hydrogen) atoms. The maximum Gasteiger partial charge on any atom is 0.268 e. The van der Waals surface area contributed by atoms with Gasteiger partial charge in [0.25, 0.3) is 9.05 Å². The fraction of sp³-hybridized carbons (Fsp3) is 0.571. The Hall–Kier alpha value is -0.750. The van der Waals surface area contributed by atoms with Crippen molar-refractivity contribution in [3.63, 3.8) is 0 Å². The Bertz CT molecular complexity index is 413. The highest BCUT2D eigenvalue weighted by molar-refractivity contribution is 8.13. The first kappa shape index (κ1) is 11.3. The summed E-state index contributed by atoms with van der Waals surface area (Å²) in [7, 11) is 3.01. The lowest BCUT2D eigenvalue weighted by molar-refractivity contribution is 0.283. The van der Waals surface area contributed by atoms with E-state index in [0.717, 1.165) is 6.42 Å². The minimum Gasteiger partial charge on any atom is -0.477 e. The smallest absolute Gasteiger partial charge is 0.268 e. The number of nitrogens with zero attached hydrogens (tertiary/aromatic N) is 2. The lowest BCUT2D eigenvalue weighted by Gasteiger charge is -2.05. The van der Waals surface area contributed by atoms with Crippen molar-refractivity contribution in [3.8, 4) is 5.88 Å². The molecule has 0 N–H and O–H groups in total. The Morgan fingerprint density at radius 3 is 2.79 bits per heavy atom. The van der Waals surface area contributed by atoms with E-state index in [1.54, 1.807) is 7.05 Å². The molecule has 1 aromatic heterocycles. The maximum atomic E-state index is 11.1. The number of hydrogen-bond acceptors (Lipinski definition) is 4. The molecule has 0 aromatic carbocycles. The Balaban J connectivity index is 3.07. The summed E-state index contributed by atoms with van der Waals surface area (Å²) in [6, 6.07) is 0. The highest BCUT2D eigenvalue weighted by atomic mass is 35.7. The van der Waals surface area contributed by atoms with Crippen LogP contribution in [0.1, 0.15) is 13.3 Å². The molecular formula is C7H11ClN2O3S. The molecule has 0 spiro atoms. The van der Waals surface area contributed by atoms with E-state index in [-0.39, 0.29) is 10.8 Å². The fourth-order valence-corrected chi connectivity index (χ4v) is 1.83. The van der Waals surface area contributed by atoms with Gasteiger partial charge in [-0.05, 0) is 6.42 Å². The second kappa shape index (κ2) is 4.18. The average molecular weight is 239 g/mol. The molecule has 7 heteroatoms. The zero-order chi connectivity index (χ0) is 10.8. The summed E-state index contributed by atoms with van der Waals surface area (Å²) in [4.78, 5) is -0.0879. The third-order valence-corrected chi connectivity index (χ3v) is 2.86. The van der Waals surface area contributed by atoms with Gasteiger partial charge in [0, 0.05) is 17.7 Å². The number of hydrogen-bond donors (Lipinski definition) is 0. The van der Waals surface area contributed by atoms with Crippen molar-refractivity contribution < 1.29 is 13.2 Å². The SMILES string of the molecule is CCCOc1c(S(=O)(=O)Cl)cnn1C. The molecule has 1 heterocycles. The van der Waals surface area contributed by atoms with Gasteiger partial charge in [0.1, 0.15) is 0 Å². The van der Waals surface area contributed by atoms with E-state index in [1.165, 1.54) is 10.9 Å². The number of rotatable bonds is 4. The summed E-state index contributed by atoms with van der Waals surface area (Å²) in [5.41, 5.74) is 0. The van der Waals surface area contributed by atoms with Crippen molar-refractivity contribution in [3.05, 3.63) is 6.20 Å². The monoisotopic (exact) mass is 238 g/mol. The molecule has 0 atom stereocenters. The van der Waals surface area contributed by atoms with Crippen molar-refractivity contribution in [2.24, 2.45) is 7.05 Å². The Labute approximate surface area is 87.0 Å². The molecule has 0 aliphatic heterocycles. The van der Waals surface area contributed by atoms with E-state index in [9.17, 15) is 8.42 Å². The van der Waals surface area contributed by atoms with Crippen LogP contribution in [0, 0.1) is 0 Å². The van der Waals surface area contributed by atoms with Crippen LogP contribution in [-0.2, 0) is 16.1 Å².